The molecule has 0 aliphatic heterocycles. The number of benzene rings is 1. The van der Waals surface area contributed by atoms with Gasteiger partial charge >= 0.3 is 0 Å². The van der Waals surface area contributed by atoms with E-state index >= 15 is 0 Å². The molecule has 0 unspecified atom stereocenters. The number of nitrogens with zero attached hydrogens (tertiary/aromatic N) is 2. The molecule has 2 aromatic heterocycles. The molecule has 0 radical (unpaired) electrons. The minimum absolute atomic E-state index is 0.677. The summed E-state index contributed by atoms with van der Waals surface area (Å²) in [7, 11) is 0. The summed E-state index contributed by atoms with van der Waals surface area (Å²) in [6.07, 6.45) is 5.65. The van der Waals surface area contributed by atoms with Crippen LogP contribution in [0, 0.1) is 0 Å². The third kappa shape index (κ3) is 2.72. The minimum Gasteiger partial charge on any atom is -0.343 e. The monoisotopic (exact) mass is 302 g/mol. The van der Waals surface area contributed by atoms with Crippen LogP contribution in [0.5, 0.6) is 0 Å². The van der Waals surface area contributed by atoms with Crippen molar-refractivity contribution in [2.24, 2.45) is 0 Å². The van der Waals surface area contributed by atoms with E-state index in [9.17, 15) is 0 Å². The maximum atomic E-state index is 6.23. The number of hydrogen-bond acceptors (Lipinski definition) is 1. The zero-order valence-electron chi connectivity index (χ0n) is 10.6. The molecular formula is C16H12Cl2N2. The van der Waals surface area contributed by atoms with E-state index in [1.165, 1.54) is 0 Å². The summed E-state index contributed by atoms with van der Waals surface area (Å²) in [5.41, 5.74) is 3.19. The number of rotatable bonds is 3. The van der Waals surface area contributed by atoms with Gasteiger partial charge in [-0.25, -0.2) is 0 Å². The summed E-state index contributed by atoms with van der Waals surface area (Å²) in [6, 6.07) is 13.6. The molecule has 0 N–H and O–H groups in total. The Kier molecular flexibility index (Phi) is 3.77. The Labute approximate surface area is 127 Å². The predicted molar refractivity (Wildman–Crippen MR) is 83.2 cm³/mol. The van der Waals surface area contributed by atoms with E-state index in [0.29, 0.717) is 11.6 Å². The second kappa shape index (κ2) is 5.70. The summed E-state index contributed by atoms with van der Waals surface area (Å²) in [4.78, 5) is 4.16. The fourth-order valence-corrected chi connectivity index (χ4v) is 2.55. The summed E-state index contributed by atoms with van der Waals surface area (Å²) in [5, 5.41) is 1.42. The van der Waals surface area contributed by atoms with Gasteiger partial charge in [-0.05, 0) is 48.0 Å². The van der Waals surface area contributed by atoms with Gasteiger partial charge in [0.25, 0.3) is 0 Å². The molecule has 20 heavy (non-hydrogen) atoms. The van der Waals surface area contributed by atoms with Crippen LogP contribution in [0.1, 0.15) is 5.56 Å². The van der Waals surface area contributed by atoms with Crippen molar-refractivity contribution in [1.82, 2.24) is 9.55 Å². The maximum absolute atomic E-state index is 6.23. The SMILES string of the molecule is Clc1ccc(Cl)c(Cn2cccc2-c2cccnc2)c1. The van der Waals surface area contributed by atoms with Gasteiger partial charge in [-0.1, -0.05) is 23.2 Å². The molecule has 0 aliphatic carbocycles. The summed E-state index contributed by atoms with van der Waals surface area (Å²) in [6.45, 7) is 0.677. The Morgan fingerprint density at radius 1 is 1.05 bits per heavy atom. The van der Waals surface area contributed by atoms with E-state index < -0.39 is 0 Å². The van der Waals surface area contributed by atoms with Gasteiger partial charge in [0, 0.05) is 46.4 Å². The quantitative estimate of drug-likeness (QED) is 0.672. The van der Waals surface area contributed by atoms with Crippen molar-refractivity contribution in [2.45, 2.75) is 6.54 Å². The van der Waals surface area contributed by atoms with Gasteiger partial charge in [-0.2, -0.15) is 0 Å². The Morgan fingerprint density at radius 3 is 2.75 bits per heavy atom. The zero-order chi connectivity index (χ0) is 13.9. The zero-order valence-corrected chi connectivity index (χ0v) is 12.1. The molecule has 0 saturated heterocycles. The molecule has 0 bridgehead atoms. The van der Waals surface area contributed by atoms with Crippen molar-refractivity contribution >= 4 is 23.2 Å². The molecule has 2 nitrogen and oxygen atoms in total. The van der Waals surface area contributed by atoms with E-state index in [4.69, 9.17) is 23.2 Å². The topological polar surface area (TPSA) is 17.8 Å². The van der Waals surface area contributed by atoms with E-state index in [1.54, 1.807) is 12.3 Å². The molecule has 4 heteroatoms. The Hall–Kier alpha value is -1.77. The van der Waals surface area contributed by atoms with Gasteiger partial charge in [0.05, 0.1) is 0 Å². The second-order valence-electron chi connectivity index (χ2n) is 4.50. The van der Waals surface area contributed by atoms with Crippen molar-refractivity contribution < 1.29 is 0 Å². The molecule has 0 saturated carbocycles. The van der Waals surface area contributed by atoms with Gasteiger partial charge in [-0.3, -0.25) is 4.98 Å². The van der Waals surface area contributed by atoms with Crippen molar-refractivity contribution in [3.05, 3.63) is 76.7 Å². The number of hydrogen-bond donors (Lipinski definition) is 0. The van der Waals surface area contributed by atoms with Gasteiger partial charge < -0.3 is 4.57 Å². The van der Waals surface area contributed by atoms with E-state index in [-0.39, 0.29) is 0 Å². The van der Waals surface area contributed by atoms with Gasteiger partial charge in [0.1, 0.15) is 0 Å². The molecule has 0 fully saturated rings. The van der Waals surface area contributed by atoms with Crippen LogP contribution in [0.2, 0.25) is 10.0 Å². The van der Waals surface area contributed by atoms with Crippen molar-refractivity contribution in [1.29, 1.82) is 0 Å². The first-order chi connectivity index (χ1) is 9.74. The first-order valence-electron chi connectivity index (χ1n) is 6.23. The highest BCUT2D eigenvalue weighted by atomic mass is 35.5. The lowest BCUT2D eigenvalue weighted by molar-refractivity contribution is 0.814. The predicted octanol–water partition coefficient (Wildman–Crippen LogP) is 4.91. The molecule has 0 atom stereocenters. The molecule has 0 aliphatic rings. The molecule has 3 rings (SSSR count). The van der Waals surface area contributed by atoms with Crippen LogP contribution >= 0.6 is 23.2 Å². The van der Waals surface area contributed by atoms with Crippen LogP contribution in [0.25, 0.3) is 11.3 Å². The van der Waals surface area contributed by atoms with Crippen LogP contribution < -0.4 is 0 Å². The maximum Gasteiger partial charge on any atom is 0.0499 e. The van der Waals surface area contributed by atoms with E-state index in [1.807, 2.05) is 42.7 Å². The molecular weight excluding hydrogens is 291 g/mol. The molecule has 2 heterocycles. The number of aromatic nitrogens is 2. The Bertz CT molecular complexity index is 720. The average Bonchev–Trinajstić information content (AvgIpc) is 2.92. The smallest absolute Gasteiger partial charge is 0.0499 e. The fourth-order valence-electron chi connectivity index (χ4n) is 2.18. The van der Waals surface area contributed by atoms with Crippen LogP contribution in [0.15, 0.2) is 61.1 Å². The standard InChI is InChI=1S/C16H12Cl2N2/c17-14-5-6-15(18)13(9-14)11-20-8-2-4-16(20)12-3-1-7-19-10-12/h1-10H,11H2. The Morgan fingerprint density at radius 2 is 1.95 bits per heavy atom. The third-order valence-electron chi connectivity index (χ3n) is 3.14. The van der Waals surface area contributed by atoms with E-state index in [2.05, 4.69) is 15.6 Å². The lowest BCUT2D eigenvalue weighted by Crippen LogP contribution is -2.01. The van der Waals surface area contributed by atoms with Crippen molar-refractivity contribution in [2.75, 3.05) is 0 Å². The van der Waals surface area contributed by atoms with Crippen molar-refractivity contribution in [3.8, 4) is 11.3 Å². The van der Waals surface area contributed by atoms with Gasteiger partial charge in [0.2, 0.25) is 0 Å². The molecule has 1 aromatic carbocycles. The van der Waals surface area contributed by atoms with Crippen molar-refractivity contribution in [3.63, 3.8) is 0 Å². The van der Waals surface area contributed by atoms with Crippen LogP contribution in [-0.4, -0.2) is 9.55 Å². The average molecular weight is 303 g/mol. The van der Waals surface area contributed by atoms with Crippen LogP contribution in [-0.2, 0) is 6.54 Å². The third-order valence-corrected chi connectivity index (χ3v) is 3.74. The normalized spacial score (nSPS) is 10.7. The molecule has 0 amide bonds. The minimum atomic E-state index is 0.677. The van der Waals surface area contributed by atoms with E-state index in [0.717, 1.165) is 21.8 Å². The molecule has 100 valence electrons. The summed E-state index contributed by atoms with van der Waals surface area (Å²) in [5.74, 6) is 0. The largest absolute Gasteiger partial charge is 0.343 e. The molecule has 3 aromatic rings. The highest BCUT2D eigenvalue weighted by Crippen LogP contribution is 2.25. The lowest BCUT2D eigenvalue weighted by Gasteiger charge is -2.11. The second-order valence-corrected chi connectivity index (χ2v) is 5.34. The lowest BCUT2D eigenvalue weighted by atomic mass is 10.2. The van der Waals surface area contributed by atoms with Crippen LogP contribution in [0.4, 0.5) is 0 Å². The fraction of sp³-hybridized carbons (Fsp3) is 0.0625. The Balaban J connectivity index is 1.97. The number of pyridine rings is 1. The first-order valence-corrected chi connectivity index (χ1v) is 6.99. The van der Waals surface area contributed by atoms with Crippen LogP contribution in [0.3, 0.4) is 0 Å². The summed E-state index contributed by atoms with van der Waals surface area (Å²) < 4.78 is 2.13. The number of halogens is 2. The highest BCUT2D eigenvalue weighted by molar-refractivity contribution is 6.33. The van der Waals surface area contributed by atoms with Gasteiger partial charge in [-0.15, -0.1) is 0 Å². The first kappa shape index (κ1) is 13.2. The summed E-state index contributed by atoms with van der Waals surface area (Å²) >= 11 is 12.3. The molecule has 0 spiro atoms. The van der Waals surface area contributed by atoms with Gasteiger partial charge in [0.15, 0.2) is 0 Å². The highest BCUT2D eigenvalue weighted by Gasteiger charge is 2.07.